The Morgan fingerprint density at radius 3 is 2.47 bits per heavy atom. The lowest BCUT2D eigenvalue weighted by molar-refractivity contribution is 0.220. The van der Waals surface area contributed by atoms with Crippen molar-refractivity contribution in [2.24, 2.45) is 0 Å². The lowest BCUT2D eigenvalue weighted by atomic mass is 10.00. The van der Waals surface area contributed by atoms with Crippen LogP contribution in [0.2, 0.25) is 0 Å². The summed E-state index contributed by atoms with van der Waals surface area (Å²) in [5.41, 5.74) is 2.70. The van der Waals surface area contributed by atoms with E-state index in [-0.39, 0.29) is 0 Å². The van der Waals surface area contributed by atoms with Gasteiger partial charge in [-0.1, -0.05) is 40.2 Å². The molecule has 0 fully saturated rings. The van der Waals surface area contributed by atoms with E-state index in [1.54, 1.807) is 6.20 Å². The monoisotopic (exact) mass is 313 g/mol. The molecule has 0 amide bonds. The number of benzene rings is 2. The lowest BCUT2D eigenvalue weighted by Crippen LogP contribution is -1.99. The summed E-state index contributed by atoms with van der Waals surface area (Å²) in [6, 6.07) is 17.4. The number of aromatic nitrogens is 1. The Balaban J connectivity index is 2.01. The fourth-order valence-corrected chi connectivity index (χ4v) is 2.37. The molecule has 2 nitrogen and oxygen atoms in total. The van der Waals surface area contributed by atoms with Gasteiger partial charge in [-0.3, -0.25) is 4.98 Å². The van der Waals surface area contributed by atoms with Gasteiger partial charge in [0.1, 0.15) is 6.10 Å². The molecule has 19 heavy (non-hydrogen) atoms. The van der Waals surface area contributed by atoms with Crippen molar-refractivity contribution in [2.75, 3.05) is 0 Å². The molecule has 0 saturated carbocycles. The molecule has 1 N–H and O–H groups in total. The van der Waals surface area contributed by atoms with Crippen LogP contribution in [0.5, 0.6) is 0 Å². The zero-order valence-corrected chi connectivity index (χ0v) is 11.7. The first-order valence-corrected chi connectivity index (χ1v) is 6.81. The Bertz CT molecular complexity index is 709. The number of pyridine rings is 1. The van der Waals surface area contributed by atoms with Crippen LogP contribution >= 0.6 is 15.9 Å². The minimum atomic E-state index is -0.613. The summed E-state index contributed by atoms with van der Waals surface area (Å²) in [5.74, 6) is 0. The number of halogens is 1. The van der Waals surface area contributed by atoms with Crippen molar-refractivity contribution in [3.8, 4) is 0 Å². The highest BCUT2D eigenvalue weighted by atomic mass is 79.9. The minimum absolute atomic E-state index is 0.613. The molecule has 0 saturated heterocycles. The quantitative estimate of drug-likeness (QED) is 0.773. The predicted octanol–water partition coefficient (Wildman–Crippen LogP) is 4.08. The Kier molecular flexibility index (Phi) is 3.32. The van der Waals surface area contributed by atoms with Gasteiger partial charge in [-0.2, -0.15) is 0 Å². The van der Waals surface area contributed by atoms with E-state index in [9.17, 15) is 5.11 Å². The van der Waals surface area contributed by atoms with Crippen LogP contribution in [0.4, 0.5) is 0 Å². The minimum Gasteiger partial charge on any atom is -0.384 e. The van der Waals surface area contributed by atoms with Gasteiger partial charge in [0.2, 0.25) is 0 Å². The zero-order chi connectivity index (χ0) is 13.2. The van der Waals surface area contributed by atoms with Gasteiger partial charge >= 0.3 is 0 Å². The second-order valence-corrected chi connectivity index (χ2v) is 5.33. The maximum Gasteiger partial charge on any atom is 0.104 e. The molecular weight excluding hydrogens is 302 g/mol. The van der Waals surface area contributed by atoms with E-state index in [0.717, 1.165) is 26.5 Å². The van der Waals surface area contributed by atoms with E-state index in [1.807, 2.05) is 54.6 Å². The van der Waals surface area contributed by atoms with Gasteiger partial charge in [0.25, 0.3) is 0 Å². The van der Waals surface area contributed by atoms with E-state index >= 15 is 0 Å². The third-order valence-corrected chi connectivity index (χ3v) is 3.66. The maximum atomic E-state index is 10.4. The first-order chi connectivity index (χ1) is 9.24. The molecule has 1 heterocycles. The molecule has 3 aromatic rings. The topological polar surface area (TPSA) is 33.1 Å². The first kappa shape index (κ1) is 12.3. The van der Waals surface area contributed by atoms with Crippen molar-refractivity contribution < 1.29 is 5.11 Å². The van der Waals surface area contributed by atoms with Crippen LogP contribution in [0.25, 0.3) is 10.9 Å². The molecular formula is C16H12BrNO. The Labute approximate surface area is 119 Å². The van der Waals surface area contributed by atoms with Crippen LogP contribution in [0.3, 0.4) is 0 Å². The molecule has 0 aliphatic heterocycles. The fraction of sp³-hybridized carbons (Fsp3) is 0.0625. The molecule has 0 radical (unpaired) electrons. The molecule has 94 valence electrons. The summed E-state index contributed by atoms with van der Waals surface area (Å²) >= 11 is 3.39. The van der Waals surface area contributed by atoms with E-state index in [4.69, 9.17) is 0 Å². The van der Waals surface area contributed by atoms with Crippen LogP contribution < -0.4 is 0 Å². The second kappa shape index (κ2) is 5.11. The zero-order valence-electron chi connectivity index (χ0n) is 10.1. The van der Waals surface area contributed by atoms with Gasteiger partial charge in [-0.05, 0) is 41.5 Å². The number of hydrogen-bond acceptors (Lipinski definition) is 2. The van der Waals surface area contributed by atoms with Crippen molar-refractivity contribution in [1.29, 1.82) is 0 Å². The first-order valence-electron chi connectivity index (χ1n) is 6.02. The smallest absolute Gasteiger partial charge is 0.104 e. The van der Waals surface area contributed by atoms with Crippen LogP contribution in [-0.2, 0) is 0 Å². The summed E-state index contributed by atoms with van der Waals surface area (Å²) in [7, 11) is 0. The molecule has 0 spiro atoms. The van der Waals surface area contributed by atoms with Crippen LogP contribution in [0.15, 0.2) is 65.3 Å². The molecule has 1 atom stereocenters. The molecule has 0 aliphatic rings. The van der Waals surface area contributed by atoms with Crippen molar-refractivity contribution >= 4 is 26.8 Å². The molecule has 0 bridgehead atoms. The van der Waals surface area contributed by atoms with Crippen LogP contribution in [0.1, 0.15) is 17.2 Å². The molecule has 3 heteroatoms. The van der Waals surface area contributed by atoms with Gasteiger partial charge in [-0.15, -0.1) is 0 Å². The molecule has 0 aliphatic carbocycles. The average molecular weight is 314 g/mol. The van der Waals surface area contributed by atoms with Gasteiger partial charge in [0.15, 0.2) is 0 Å². The third kappa shape index (κ3) is 2.53. The highest BCUT2D eigenvalue weighted by Gasteiger charge is 2.10. The molecule has 3 rings (SSSR count). The Hall–Kier alpha value is -1.71. The largest absolute Gasteiger partial charge is 0.384 e. The number of aliphatic hydroxyl groups excluding tert-OH is 1. The van der Waals surface area contributed by atoms with Crippen molar-refractivity contribution in [3.05, 3.63) is 76.4 Å². The molecule has 1 aromatic heterocycles. The highest BCUT2D eigenvalue weighted by Crippen LogP contribution is 2.25. The summed E-state index contributed by atoms with van der Waals surface area (Å²) in [6.07, 6.45) is 1.16. The SMILES string of the molecule is OC(c1ccc(Br)cc1)c1ccc2ncccc2c1. The Morgan fingerprint density at radius 1 is 0.947 bits per heavy atom. The van der Waals surface area contributed by atoms with Gasteiger partial charge in [0.05, 0.1) is 5.52 Å². The second-order valence-electron chi connectivity index (χ2n) is 4.41. The van der Waals surface area contributed by atoms with Crippen molar-refractivity contribution in [1.82, 2.24) is 4.98 Å². The Morgan fingerprint density at radius 2 is 1.68 bits per heavy atom. The van der Waals surface area contributed by atoms with E-state index in [1.165, 1.54) is 0 Å². The predicted molar refractivity (Wildman–Crippen MR) is 79.9 cm³/mol. The van der Waals surface area contributed by atoms with Crippen molar-refractivity contribution in [3.63, 3.8) is 0 Å². The van der Waals surface area contributed by atoms with E-state index < -0.39 is 6.10 Å². The average Bonchev–Trinajstić information content (AvgIpc) is 2.47. The number of hydrogen-bond donors (Lipinski definition) is 1. The van der Waals surface area contributed by atoms with E-state index in [0.29, 0.717) is 0 Å². The van der Waals surface area contributed by atoms with Crippen LogP contribution in [0, 0.1) is 0 Å². The molecule has 1 unspecified atom stereocenters. The maximum absolute atomic E-state index is 10.4. The lowest BCUT2D eigenvalue weighted by Gasteiger charge is -2.12. The molecule has 2 aromatic carbocycles. The van der Waals surface area contributed by atoms with Crippen LogP contribution in [-0.4, -0.2) is 10.1 Å². The van der Waals surface area contributed by atoms with Gasteiger partial charge < -0.3 is 5.11 Å². The van der Waals surface area contributed by atoms with Gasteiger partial charge in [-0.25, -0.2) is 0 Å². The number of fused-ring (bicyclic) bond motifs is 1. The number of nitrogens with zero attached hydrogens (tertiary/aromatic N) is 1. The highest BCUT2D eigenvalue weighted by molar-refractivity contribution is 9.10. The van der Waals surface area contributed by atoms with Crippen molar-refractivity contribution in [2.45, 2.75) is 6.10 Å². The van der Waals surface area contributed by atoms with E-state index in [2.05, 4.69) is 20.9 Å². The summed E-state index contributed by atoms with van der Waals surface area (Å²) in [4.78, 5) is 4.28. The normalized spacial score (nSPS) is 12.5. The third-order valence-electron chi connectivity index (χ3n) is 3.13. The van der Waals surface area contributed by atoms with Gasteiger partial charge in [0, 0.05) is 16.1 Å². The number of rotatable bonds is 2. The fourth-order valence-electron chi connectivity index (χ4n) is 2.10. The number of aliphatic hydroxyl groups is 1. The summed E-state index contributed by atoms with van der Waals surface area (Å²) in [6.45, 7) is 0. The summed E-state index contributed by atoms with van der Waals surface area (Å²) in [5, 5.41) is 11.4. The summed E-state index contributed by atoms with van der Waals surface area (Å²) < 4.78 is 1.01. The standard InChI is InChI=1S/C16H12BrNO/c17-14-6-3-11(4-7-14)16(19)13-5-8-15-12(10-13)2-1-9-18-15/h1-10,16,19H.